The van der Waals surface area contributed by atoms with Crippen LogP contribution >= 0.6 is 0 Å². The first-order chi connectivity index (χ1) is 16.2. The van der Waals surface area contributed by atoms with Crippen molar-refractivity contribution < 1.29 is 9.13 Å². The molecule has 3 aromatic carbocycles. The Kier molecular flexibility index (Phi) is 7.32. The first-order valence-electron chi connectivity index (χ1n) is 11.5. The van der Waals surface area contributed by atoms with Gasteiger partial charge in [0, 0.05) is 10.9 Å². The number of nitriles is 1. The number of ether oxygens (including phenoxy) is 1. The SMILES string of the molecule is CCCCCOc1ccc(-c2ccc3c(F)c(CCc4ccc(C#N)cc4)ccc3c2)nc1. The van der Waals surface area contributed by atoms with E-state index in [1.807, 2.05) is 54.6 Å². The van der Waals surface area contributed by atoms with Crippen LogP contribution in [0.4, 0.5) is 4.39 Å². The van der Waals surface area contributed by atoms with Crippen LogP contribution in [0, 0.1) is 17.1 Å². The fourth-order valence-electron chi connectivity index (χ4n) is 3.89. The van der Waals surface area contributed by atoms with E-state index in [0.717, 1.165) is 47.2 Å². The molecule has 3 nitrogen and oxygen atoms in total. The molecule has 1 heterocycles. The summed E-state index contributed by atoms with van der Waals surface area (Å²) in [6, 6.07) is 23.0. The van der Waals surface area contributed by atoms with Crippen LogP contribution in [0.2, 0.25) is 0 Å². The van der Waals surface area contributed by atoms with Gasteiger partial charge in [-0.3, -0.25) is 4.98 Å². The average molecular weight is 439 g/mol. The molecule has 0 bridgehead atoms. The smallest absolute Gasteiger partial charge is 0.137 e. The zero-order valence-electron chi connectivity index (χ0n) is 18.9. The second kappa shape index (κ2) is 10.7. The second-order valence-electron chi connectivity index (χ2n) is 8.22. The van der Waals surface area contributed by atoms with Gasteiger partial charge in [0.2, 0.25) is 0 Å². The molecule has 166 valence electrons. The fraction of sp³-hybridized carbons (Fsp3) is 0.241. The third-order valence-corrected chi connectivity index (χ3v) is 5.85. The highest BCUT2D eigenvalue weighted by Crippen LogP contribution is 2.28. The molecule has 0 amide bonds. The predicted octanol–water partition coefficient (Wildman–Crippen LogP) is 7.27. The Morgan fingerprint density at radius 2 is 1.79 bits per heavy atom. The minimum atomic E-state index is -0.170. The number of rotatable bonds is 9. The zero-order chi connectivity index (χ0) is 23.0. The number of halogens is 1. The minimum Gasteiger partial charge on any atom is -0.492 e. The summed E-state index contributed by atoms with van der Waals surface area (Å²) < 4.78 is 20.9. The van der Waals surface area contributed by atoms with Gasteiger partial charge in [0.25, 0.3) is 0 Å². The maximum Gasteiger partial charge on any atom is 0.137 e. The van der Waals surface area contributed by atoms with Crippen molar-refractivity contribution in [3.63, 3.8) is 0 Å². The van der Waals surface area contributed by atoms with Crippen molar-refractivity contribution in [1.82, 2.24) is 4.98 Å². The Labute approximate surface area is 194 Å². The molecule has 0 aliphatic heterocycles. The van der Waals surface area contributed by atoms with Crippen molar-refractivity contribution in [3.05, 3.63) is 95.4 Å². The largest absolute Gasteiger partial charge is 0.492 e. The lowest BCUT2D eigenvalue weighted by Crippen LogP contribution is -1.98. The van der Waals surface area contributed by atoms with Crippen molar-refractivity contribution in [2.45, 2.75) is 39.0 Å². The number of hydrogen-bond donors (Lipinski definition) is 0. The maximum atomic E-state index is 15.2. The number of aryl methyl sites for hydroxylation is 2. The van der Waals surface area contributed by atoms with Crippen LogP contribution in [0.3, 0.4) is 0 Å². The van der Waals surface area contributed by atoms with E-state index >= 15 is 4.39 Å². The second-order valence-corrected chi connectivity index (χ2v) is 8.22. The van der Waals surface area contributed by atoms with Crippen molar-refractivity contribution in [1.29, 1.82) is 5.26 Å². The van der Waals surface area contributed by atoms with Crippen LogP contribution in [0.5, 0.6) is 5.75 Å². The summed E-state index contributed by atoms with van der Waals surface area (Å²) in [4.78, 5) is 4.53. The molecule has 4 rings (SSSR count). The van der Waals surface area contributed by atoms with Gasteiger partial charge < -0.3 is 4.74 Å². The topological polar surface area (TPSA) is 45.9 Å². The maximum absolute atomic E-state index is 15.2. The van der Waals surface area contributed by atoms with Crippen molar-refractivity contribution in [2.24, 2.45) is 0 Å². The van der Waals surface area contributed by atoms with Crippen LogP contribution < -0.4 is 4.74 Å². The summed E-state index contributed by atoms with van der Waals surface area (Å²) in [5.74, 6) is 0.602. The molecule has 1 aromatic heterocycles. The Balaban J connectivity index is 1.46. The molecule has 4 heteroatoms. The molecule has 0 saturated heterocycles. The molecule has 0 saturated carbocycles. The number of aromatic nitrogens is 1. The van der Waals surface area contributed by atoms with Gasteiger partial charge in [0.1, 0.15) is 11.6 Å². The Bertz CT molecular complexity index is 1260. The molecule has 0 aliphatic rings. The summed E-state index contributed by atoms with van der Waals surface area (Å²) in [6.45, 7) is 2.88. The lowest BCUT2D eigenvalue weighted by Gasteiger charge is -2.10. The predicted molar refractivity (Wildman–Crippen MR) is 131 cm³/mol. The summed E-state index contributed by atoms with van der Waals surface area (Å²) in [5, 5.41) is 10.4. The van der Waals surface area contributed by atoms with Gasteiger partial charge in [0.05, 0.1) is 30.1 Å². The number of fused-ring (bicyclic) bond motifs is 1. The molecule has 0 radical (unpaired) electrons. The standard InChI is InChI=1S/C29H27FN2O/c1-2-3-4-17-33-26-14-16-28(32-20-26)25-13-15-27-24(18-25)12-11-23(29(27)30)10-9-21-5-7-22(19-31)8-6-21/h5-8,11-16,18,20H,2-4,9-10,17H2,1H3. The van der Waals surface area contributed by atoms with Crippen LogP contribution in [0.15, 0.2) is 72.9 Å². The number of benzene rings is 3. The van der Waals surface area contributed by atoms with E-state index < -0.39 is 0 Å². The van der Waals surface area contributed by atoms with Crippen LogP contribution in [-0.2, 0) is 12.8 Å². The van der Waals surface area contributed by atoms with Crippen molar-refractivity contribution >= 4 is 10.8 Å². The van der Waals surface area contributed by atoms with E-state index in [-0.39, 0.29) is 5.82 Å². The van der Waals surface area contributed by atoms with E-state index in [9.17, 15) is 0 Å². The summed E-state index contributed by atoms with van der Waals surface area (Å²) in [7, 11) is 0. The number of nitrogens with zero attached hydrogens (tertiary/aromatic N) is 2. The number of unbranched alkanes of at least 4 members (excludes halogenated alkanes) is 2. The number of hydrogen-bond acceptors (Lipinski definition) is 3. The molecule has 0 aliphatic carbocycles. The molecule has 0 N–H and O–H groups in total. The first-order valence-corrected chi connectivity index (χ1v) is 11.5. The highest BCUT2D eigenvalue weighted by molar-refractivity contribution is 5.88. The van der Waals surface area contributed by atoms with Gasteiger partial charge in [-0.1, -0.05) is 56.2 Å². The quantitative estimate of drug-likeness (QED) is 0.258. The van der Waals surface area contributed by atoms with E-state index in [0.29, 0.717) is 29.5 Å². The summed E-state index contributed by atoms with van der Waals surface area (Å²) in [5.41, 5.74) is 4.21. The summed E-state index contributed by atoms with van der Waals surface area (Å²) in [6.07, 6.45) is 6.46. The third kappa shape index (κ3) is 5.56. The van der Waals surface area contributed by atoms with Gasteiger partial charge >= 0.3 is 0 Å². The molecular formula is C29H27FN2O. The third-order valence-electron chi connectivity index (χ3n) is 5.85. The fourth-order valence-corrected chi connectivity index (χ4v) is 3.89. The average Bonchev–Trinajstić information content (AvgIpc) is 2.87. The van der Waals surface area contributed by atoms with E-state index in [2.05, 4.69) is 18.0 Å². The Morgan fingerprint density at radius 1 is 0.939 bits per heavy atom. The minimum absolute atomic E-state index is 0.170. The molecule has 0 fully saturated rings. The van der Waals surface area contributed by atoms with Gasteiger partial charge in [-0.05, 0) is 66.1 Å². The number of pyridine rings is 1. The Hall–Kier alpha value is -3.71. The summed E-state index contributed by atoms with van der Waals surface area (Å²) >= 11 is 0. The normalized spacial score (nSPS) is 10.8. The van der Waals surface area contributed by atoms with Gasteiger partial charge in [-0.25, -0.2) is 4.39 Å². The van der Waals surface area contributed by atoms with Crippen LogP contribution in [0.1, 0.15) is 42.9 Å². The van der Waals surface area contributed by atoms with Gasteiger partial charge in [-0.2, -0.15) is 5.26 Å². The van der Waals surface area contributed by atoms with Crippen molar-refractivity contribution in [2.75, 3.05) is 6.61 Å². The zero-order valence-corrected chi connectivity index (χ0v) is 18.9. The van der Waals surface area contributed by atoms with E-state index in [1.54, 1.807) is 18.3 Å². The first kappa shape index (κ1) is 22.5. The highest BCUT2D eigenvalue weighted by Gasteiger charge is 2.10. The molecule has 0 atom stereocenters. The lowest BCUT2D eigenvalue weighted by atomic mass is 9.98. The van der Waals surface area contributed by atoms with Crippen LogP contribution in [0.25, 0.3) is 22.0 Å². The molecule has 0 spiro atoms. The van der Waals surface area contributed by atoms with Gasteiger partial charge in [-0.15, -0.1) is 0 Å². The Morgan fingerprint density at radius 3 is 2.52 bits per heavy atom. The highest BCUT2D eigenvalue weighted by atomic mass is 19.1. The molecular weight excluding hydrogens is 411 g/mol. The molecule has 4 aromatic rings. The molecule has 0 unspecified atom stereocenters. The van der Waals surface area contributed by atoms with Crippen molar-refractivity contribution in [3.8, 4) is 23.1 Å². The molecule has 33 heavy (non-hydrogen) atoms. The van der Waals surface area contributed by atoms with E-state index in [4.69, 9.17) is 10.00 Å². The lowest BCUT2D eigenvalue weighted by molar-refractivity contribution is 0.305. The van der Waals surface area contributed by atoms with Crippen LogP contribution in [-0.4, -0.2) is 11.6 Å². The van der Waals surface area contributed by atoms with Gasteiger partial charge in [0.15, 0.2) is 0 Å². The monoisotopic (exact) mass is 438 g/mol. The van der Waals surface area contributed by atoms with E-state index in [1.165, 1.54) is 6.42 Å².